The standard InChI is InChI=1S/C27H27ClN2O2/c1-16-14-20-15-19(23-12-13-29-30-23)8-11-22(20)25(18-6-9-21(28)10-7-18)24(16)26(17(2)31)32-27(3,4)5/h6-15,26H,1-5H3,(H,29,30)/t26-/m1/s1. The highest BCUT2D eigenvalue weighted by atomic mass is 35.5. The molecule has 4 nitrogen and oxygen atoms in total. The zero-order chi connectivity index (χ0) is 23.0. The van der Waals surface area contributed by atoms with Crippen molar-refractivity contribution in [3.8, 4) is 22.4 Å². The Kier molecular flexibility index (Phi) is 5.93. The number of halogens is 1. The molecule has 0 saturated carbocycles. The number of hydrogen-bond donors (Lipinski definition) is 1. The number of rotatable bonds is 5. The summed E-state index contributed by atoms with van der Waals surface area (Å²) in [6.45, 7) is 9.54. The number of nitrogens with one attached hydrogen (secondary N) is 1. The van der Waals surface area contributed by atoms with E-state index in [1.807, 2.05) is 58.0 Å². The van der Waals surface area contributed by atoms with Crippen LogP contribution in [0.1, 0.15) is 44.9 Å². The monoisotopic (exact) mass is 446 g/mol. The van der Waals surface area contributed by atoms with Crippen LogP contribution in [-0.2, 0) is 9.53 Å². The van der Waals surface area contributed by atoms with Gasteiger partial charge < -0.3 is 4.74 Å². The van der Waals surface area contributed by atoms with Gasteiger partial charge in [-0.25, -0.2) is 0 Å². The lowest BCUT2D eigenvalue weighted by atomic mass is 9.85. The van der Waals surface area contributed by atoms with Crippen molar-refractivity contribution in [2.24, 2.45) is 0 Å². The van der Waals surface area contributed by atoms with Gasteiger partial charge in [0.1, 0.15) is 6.10 Å². The summed E-state index contributed by atoms with van der Waals surface area (Å²) in [6, 6.07) is 18.1. The first-order valence-electron chi connectivity index (χ1n) is 10.7. The van der Waals surface area contributed by atoms with E-state index in [0.29, 0.717) is 5.02 Å². The van der Waals surface area contributed by atoms with Crippen LogP contribution in [0.3, 0.4) is 0 Å². The fourth-order valence-electron chi connectivity index (χ4n) is 4.11. The molecular weight excluding hydrogens is 420 g/mol. The third-order valence-corrected chi connectivity index (χ3v) is 5.69. The van der Waals surface area contributed by atoms with Gasteiger partial charge in [0.25, 0.3) is 0 Å². The Morgan fingerprint density at radius 2 is 1.72 bits per heavy atom. The first-order valence-corrected chi connectivity index (χ1v) is 11.0. The van der Waals surface area contributed by atoms with Crippen LogP contribution < -0.4 is 0 Å². The van der Waals surface area contributed by atoms with Crippen LogP contribution >= 0.6 is 11.6 Å². The van der Waals surface area contributed by atoms with Crippen molar-refractivity contribution in [2.45, 2.75) is 46.3 Å². The van der Waals surface area contributed by atoms with E-state index >= 15 is 0 Å². The fourth-order valence-corrected chi connectivity index (χ4v) is 4.24. The molecule has 0 spiro atoms. The summed E-state index contributed by atoms with van der Waals surface area (Å²) in [7, 11) is 0. The molecule has 5 heteroatoms. The predicted octanol–water partition coefficient (Wildman–Crippen LogP) is 7.30. The molecule has 164 valence electrons. The Hall–Kier alpha value is -2.95. The zero-order valence-electron chi connectivity index (χ0n) is 19.0. The van der Waals surface area contributed by atoms with Crippen LogP contribution in [0.25, 0.3) is 33.2 Å². The van der Waals surface area contributed by atoms with Gasteiger partial charge in [0.2, 0.25) is 0 Å². The normalized spacial score (nSPS) is 12.8. The van der Waals surface area contributed by atoms with E-state index in [4.69, 9.17) is 16.3 Å². The molecular formula is C27H27ClN2O2. The van der Waals surface area contributed by atoms with Crippen molar-refractivity contribution >= 4 is 28.2 Å². The van der Waals surface area contributed by atoms with Gasteiger partial charge in [0.05, 0.1) is 11.3 Å². The lowest BCUT2D eigenvalue weighted by molar-refractivity contribution is -0.138. The molecule has 0 aliphatic heterocycles. The minimum atomic E-state index is -0.669. The van der Waals surface area contributed by atoms with E-state index in [-0.39, 0.29) is 5.78 Å². The van der Waals surface area contributed by atoms with Gasteiger partial charge >= 0.3 is 0 Å². The van der Waals surface area contributed by atoms with Crippen molar-refractivity contribution in [3.63, 3.8) is 0 Å². The highest BCUT2D eigenvalue weighted by Gasteiger charge is 2.29. The summed E-state index contributed by atoms with van der Waals surface area (Å²) in [4.78, 5) is 12.8. The third kappa shape index (κ3) is 4.47. The molecule has 0 bridgehead atoms. The van der Waals surface area contributed by atoms with E-state index < -0.39 is 11.7 Å². The first kappa shape index (κ1) is 22.3. The number of nitrogens with zero attached hydrogens (tertiary/aromatic N) is 1. The van der Waals surface area contributed by atoms with Crippen LogP contribution in [0.5, 0.6) is 0 Å². The number of carbonyl (C=O) groups is 1. The number of ether oxygens (including phenoxy) is 1. The maximum absolute atomic E-state index is 12.8. The molecule has 4 aromatic rings. The van der Waals surface area contributed by atoms with Gasteiger partial charge in [0.15, 0.2) is 5.78 Å². The zero-order valence-corrected chi connectivity index (χ0v) is 19.7. The third-order valence-electron chi connectivity index (χ3n) is 5.43. The number of fused-ring (bicyclic) bond motifs is 1. The van der Waals surface area contributed by atoms with Crippen LogP contribution in [0.2, 0.25) is 5.02 Å². The number of aryl methyl sites for hydroxylation is 1. The number of Topliss-reactive ketones (excluding diaryl/α,β-unsaturated/α-hetero) is 1. The van der Waals surface area contributed by atoms with Crippen molar-refractivity contribution < 1.29 is 9.53 Å². The Morgan fingerprint density at radius 1 is 1.03 bits per heavy atom. The number of hydrogen-bond acceptors (Lipinski definition) is 3. The lowest BCUT2D eigenvalue weighted by Gasteiger charge is -2.29. The number of aromatic nitrogens is 2. The van der Waals surface area contributed by atoms with E-state index in [0.717, 1.165) is 44.3 Å². The number of carbonyl (C=O) groups excluding carboxylic acids is 1. The maximum atomic E-state index is 12.8. The average molecular weight is 447 g/mol. The van der Waals surface area contributed by atoms with Crippen LogP contribution in [0.15, 0.2) is 60.8 Å². The second kappa shape index (κ2) is 8.53. The molecule has 0 amide bonds. The summed E-state index contributed by atoms with van der Waals surface area (Å²) in [6.07, 6.45) is 1.08. The maximum Gasteiger partial charge on any atom is 0.163 e. The number of benzene rings is 3. The van der Waals surface area contributed by atoms with E-state index in [2.05, 4.69) is 34.5 Å². The predicted molar refractivity (Wildman–Crippen MR) is 131 cm³/mol. The minimum Gasteiger partial charge on any atom is -0.360 e. The molecule has 1 N–H and O–H groups in total. The summed E-state index contributed by atoms with van der Waals surface area (Å²) in [5.41, 5.74) is 5.44. The number of H-pyrrole nitrogens is 1. The van der Waals surface area contributed by atoms with Gasteiger partial charge in [0, 0.05) is 16.8 Å². The Labute approximate surface area is 193 Å². The van der Waals surface area contributed by atoms with Gasteiger partial charge in [-0.15, -0.1) is 0 Å². The van der Waals surface area contributed by atoms with Gasteiger partial charge in [-0.05, 0) is 91.9 Å². The highest BCUT2D eigenvalue weighted by molar-refractivity contribution is 6.30. The van der Waals surface area contributed by atoms with Crippen LogP contribution in [0, 0.1) is 6.92 Å². The van der Waals surface area contributed by atoms with Gasteiger partial charge in [-0.3, -0.25) is 9.89 Å². The summed E-state index contributed by atoms with van der Waals surface area (Å²) in [5, 5.41) is 9.90. The van der Waals surface area contributed by atoms with Crippen LogP contribution in [-0.4, -0.2) is 21.6 Å². The molecule has 0 saturated heterocycles. The molecule has 0 aliphatic carbocycles. The molecule has 4 rings (SSSR count). The van der Waals surface area contributed by atoms with E-state index in [1.165, 1.54) is 0 Å². The molecule has 0 aliphatic rings. The second-order valence-corrected chi connectivity index (χ2v) is 9.55. The molecule has 0 radical (unpaired) electrons. The Morgan fingerprint density at radius 3 is 2.31 bits per heavy atom. The van der Waals surface area contributed by atoms with Crippen molar-refractivity contribution in [1.29, 1.82) is 0 Å². The summed E-state index contributed by atoms with van der Waals surface area (Å²) < 4.78 is 6.29. The van der Waals surface area contributed by atoms with Gasteiger partial charge in [-0.2, -0.15) is 5.10 Å². The Bertz CT molecular complexity index is 1270. The molecule has 0 fully saturated rings. The molecule has 1 heterocycles. The molecule has 32 heavy (non-hydrogen) atoms. The lowest BCUT2D eigenvalue weighted by Crippen LogP contribution is -2.27. The van der Waals surface area contributed by atoms with Crippen molar-refractivity contribution in [3.05, 3.63) is 76.9 Å². The van der Waals surface area contributed by atoms with Crippen molar-refractivity contribution in [1.82, 2.24) is 10.2 Å². The van der Waals surface area contributed by atoms with E-state index in [1.54, 1.807) is 13.1 Å². The number of ketones is 1. The smallest absolute Gasteiger partial charge is 0.163 e. The Balaban J connectivity index is 2.03. The second-order valence-electron chi connectivity index (χ2n) is 9.12. The largest absolute Gasteiger partial charge is 0.360 e. The fraction of sp³-hybridized carbons (Fsp3) is 0.259. The molecule has 0 unspecified atom stereocenters. The topological polar surface area (TPSA) is 55.0 Å². The van der Waals surface area contributed by atoms with Crippen molar-refractivity contribution in [2.75, 3.05) is 0 Å². The minimum absolute atomic E-state index is 0.0216. The van der Waals surface area contributed by atoms with Crippen LogP contribution in [0.4, 0.5) is 0 Å². The first-order chi connectivity index (χ1) is 15.1. The highest BCUT2D eigenvalue weighted by Crippen LogP contribution is 2.41. The average Bonchev–Trinajstić information content (AvgIpc) is 3.26. The quantitative estimate of drug-likeness (QED) is 0.349. The van der Waals surface area contributed by atoms with Gasteiger partial charge in [-0.1, -0.05) is 41.9 Å². The van der Waals surface area contributed by atoms with E-state index in [9.17, 15) is 4.79 Å². The molecule has 1 aromatic heterocycles. The summed E-state index contributed by atoms with van der Waals surface area (Å²) >= 11 is 6.18. The molecule has 1 atom stereocenters. The molecule has 3 aromatic carbocycles. The SMILES string of the molecule is CC(=O)[C@@H](OC(C)(C)C)c1c(C)cc2cc(-c3ccn[nH]3)ccc2c1-c1ccc(Cl)cc1. The summed E-state index contributed by atoms with van der Waals surface area (Å²) in [5.74, 6) is -0.0216. The number of aromatic amines is 1.